The van der Waals surface area contributed by atoms with Crippen LogP contribution in [0, 0.1) is 11.3 Å². The summed E-state index contributed by atoms with van der Waals surface area (Å²) in [6.07, 6.45) is -3.38. The molecule has 0 fully saturated rings. The van der Waals surface area contributed by atoms with Crippen molar-refractivity contribution in [3.63, 3.8) is 0 Å². The number of pyridine rings is 1. The lowest BCUT2D eigenvalue weighted by molar-refractivity contribution is -0.141. The first-order valence-electron chi connectivity index (χ1n) is 7.34. The Balaban J connectivity index is 1.94. The number of anilines is 1. The monoisotopic (exact) mass is 363 g/mol. The molecular weight excluding hydrogens is 351 g/mol. The summed E-state index contributed by atoms with van der Waals surface area (Å²) >= 11 is 1.39. The summed E-state index contributed by atoms with van der Waals surface area (Å²) in [7, 11) is 0. The maximum absolute atomic E-state index is 12.6. The Morgan fingerprint density at radius 1 is 1.32 bits per heavy atom. The molecule has 1 aliphatic heterocycles. The van der Waals surface area contributed by atoms with Crippen molar-refractivity contribution in [2.45, 2.75) is 29.8 Å². The number of carbonyl (C=O) groups is 1. The standard InChI is InChI=1S/C17H12F3N3OS/c1-10-16(24)23(13-6-11(7-21)2-4-14(13)25-10)9-12-3-5-15(22-8-12)17(18,19)20/h2-6,8,10H,9H2,1H3. The summed E-state index contributed by atoms with van der Waals surface area (Å²) < 4.78 is 37.8. The van der Waals surface area contributed by atoms with Crippen LogP contribution in [0.2, 0.25) is 0 Å². The highest BCUT2D eigenvalue weighted by molar-refractivity contribution is 8.00. The summed E-state index contributed by atoms with van der Waals surface area (Å²) in [5.41, 5.74) is 0.510. The lowest BCUT2D eigenvalue weighted by atomic mass is 10.1. The molecule has 4 nitrogen and oxygen atoms in total. The van der Waals surface area contributed by atoms with Crippen molar-refractivity contribution in [1.82, 2.24) is 4.98 Å². The Bertz CT molecular complexity index is 859. The summed E-state index contributed by atoms with van der Waals surface area (Å²) in [4.78, 5) is 18.3. The van der Waals surface area contributed by atoms with E-state index in [1.54, 1.807) is 25.1 Å². The summed E-state index contributed by atoms with van der Waals surface area (Å²) in [6, 6.07) is 9.30. The third-order valence-corrected chi connectivity index (χ3v) is 4.91. The minimum absolute atomic E-state index is 0.0940. The zero-order valence-corrected chi connectivity index (χ0v) is 13.9. The first-order chi connectivity index (χ1) is 11.8. The third kappa shape index (κ3) is 3.46. The second-order valence-corrected chi connectivity index (χ2v) is 6.91. The molecule has 1 atom stereocenters. The molecule has 1 aliphatic rings. The van der Waals surface area contributed by atoms with Gasteiger partial charge in [0.25, 0.3) is 0 Å². The fourth-order valence-corrected chi connectivity index (χ4v) is 3.55. The van der Waals surface area contributed by atoms with E-state index >= 15 is 0 Å². The number of nitrogens with zero attached hydrogens (tertiary/aromatic N) is 3. The van der Waals surface area contributed by atoms with Gasteiger partial charge in [0.05, 0.1) is 29.1 Å². The molecular formula is C17H12F3N3OS. The van der Waals surface area contributed by atoms with Crippen LogP contribution in [0.3, 0.4) is 0 Å². The van der Waals surface area contributed by atoms with Gasteiger partial charge in [0.1, 0.15) is 5.69 Å². The second-order valence-electron chi connectivity index (χ2n) is 5.53. The summed E-state index contributed by atoms with van der Waals surface area (Å²) in [6.45, 7) is 1.86. The highest BCUT2D eigenvalue weighted by Gasteiger charge is 2.33. The molecule has 0 saturated heterocycles. The molecule has 128 valence electrons. The van der Waals surface area contributed by atoms with Crippen LogP contribution in [0.5, 0.6) is 0 Å². The number of amides is 1. The van der Waals surface area contributed by atoms with Gasteiger partial charge in [-0.1, -0.05) is 6.07 Å². The fraction of sp³-hybridized carbons (Fsp3) is 0.235. The van der Waals surface area contributed by atoms with E-state index in [9.17, 15) is 18.0 Å². The molecule has 1 unspecified atom stereocenters. The summed E-state index contributed by atoms with van der Waals surface area (Å²) in [5, 5.41) is 8.75. The molecule has 0 aliphatic carbocycles. The Morgan fingerprint density at radius 3 is 2.68 bits per heavy atom. The number of hydrogen-bond donors (Lipinski definition) is 0. The van der Waals surface area contributed by atoms with Crippen LogP contribution in [-0.4, -0.2) is 16.1 Å². The number of alkyl halides is 3. The molecule has 8 heteroatoms. The quantitative estimate of drug-likeness (QED) is 0.809. The minimum Gasteiger partial charge on any atom is -0.306 e. The van der Waals surface area contributed by atoms with E-state index in [4.69, 9.17) is 5.26 Å². The average molecular weight is 363 g/mol. The largest absolute Gasteiger partial charge is 0.433 e. The molecule has 2 aromatic rings. The fourth-order valence-electron chi connectivity index (χ4n) is 2.51. The Labute approximate surface area is 146 Å². The van der Waals surface area contributed by atoms with Crippen molar-refractivity contribution in [3.05, 3.63) is 53.3 Å². The highest BCUT2D eigenvalue weighted by Crippen LogP contribution is 2.40. The number of aromatic nitrogens is 1. The van der Waals surface area contributed by atoms with Crippen molar-refractivity contribution in [3.8, 4) is 6.07 Å². The molecule has 3 rings (SSSR count). The Kier molecular flexibility index (Phi) is 4.43. The van der Waals surface area contributed by atoms with Crippen LogP contribution in [0.4, 0.5) is 18.9 Å². The van der Waals surface area contributed by atoms with Gasteiger partial charge < -0.3 is 4.90 Å². The third-order valence-electron chi connectivity index (χ3n) is 3.75. The van der Waals surface area contributed by atoms with Gasteiger partial charge in [-0.05, 0) is 36.8 Å². The minimum atomic E-state index is -4.50. The van der Waals surface area contributed by atoms with Crippen LogP contribution in [0.15, 0.2) is 41.4 Å². The van der Waals surface area contributed by atoms with Crippen LogP contribution in [-0.2, 0) is 17.5 Å². The zero-order valence-electron chi connectivity index (χ0n) is 13.0. The van der Waals surface area contributed by atoms with Gasteiger partial charge in [0, 0.05) is 11.1 Å². The van der Waals surface area contributed by atoms with E-state index in [2.05, 4.69) is 4.98 Å². The predicted octanol–water partition coefficient (Wildman–Crippen LogP) is 4.00. The average Bonchev–Trinajstić information content (AvgIpc) is 2.58. The van der Waals surface area contributed by atoms with Crippen LogP contribution in [0.1, 0.15) is 23.7 Å². The van der Waals surface area contributed by atoms with Gasteiger partial charge in [-0.15, -0.1) is 11.8 Å². The molecule has 0 radical (unpaired) electrons. The molecule has 1 amide bonds. The van der Waals surface area contributed by atoms with E-state index in [-0.39, 0.29) is 17.7 Å². The molecule has 25 heavy (non-hydrogen) atoms. The number of fused-ring (bicyclic) bond motifs is 1. The van der Waals surface area contributed by atoms with Crippen LogP contribution < -0.4 is 4.90 Å². The van der Waals surface area contributed by atoms with Crippen molar-refractivity contribution in [2.24, 2.45) is 0 Å². The van der Waals surface area contributed by atoms with Crippen molar-refractivity contribution < 1.29 is 18.0 Å². The molecule has 0 N–H and O–H groups in total. The van der Waals surface area contributed by atoms with E-state index in [0.717, 1.165) is 17.2 Å². The second kappa shape index (κ2) is 6.41. The Morgan fingerprint density at radius 2 is 2.08 bits per heavy atom. The smallest absolute Gasteiger partial charge is 0.306 e. The Hall–Kier alpha value is -2.53. The highest BCUT2D eigenvalue weighted by atomic mass is 32.2. The van der Waals surface area contributed by atoms with Crippen molar-refractivity contribution in [2.75, 3.05) is 4.90 Å². The van der Waals surface area contributed by atoms with Crippen LogP contribution in [0.25, 0.3) is 0 Å². The molecule has 0 saturated carbocycles. The van der Waals surface area contributed by atoms with Gasteiger partial charge in [-0.2, -0.15) is 18.4 Å². The number of halogens is 3. The molecule has 2 heterocycles. The number of benzene rings is 1. The van der Waals surface area contributed by atoms with Gasteiger partial charge in [0.15, 0.2) is 0 Å². The zero-order chi connectivity index (χ0) is 18.2. The predicted molar refractivity (Wildman–Crippen MR) is 86.9 cm³/mol. The topological polar surface area (TPSA) is 57.0 Å². The summed E-state index contributed by atoms with van der Waals surface area (Å²) in [5.74, 6) is -0.160. The number of rotatable bonds is 2. The van der Waals surface area contributed by atoms with Crippen molar-refractivity contribution >= 4 is 23.4 Å². The maximum atomic E-state index is 12.6. The maximum Gasteiger partial charge on any atom is 0.433 e. The van der Waals surface area contributed by atoms with Gasteiger partial charge >= 0.3 is 6.18 Å². The van der Waals surface area contributed by atoms with E-state index < -0.39 is 11.9 Å². The SMILES string of the molecule is CC1Sc2ccc(C#N)cc2N(Cc2ccc(C(F)(F)F)nc2)C1=O. The molecule has 1 aromatic heterocycles. The van der Waals surface area contributed by atoms with E-state index in [1.807, 2.05) is 6.07 Å². The van der Waals surface area contributed by atoms with E-state index in [1.165, 1.54) is 22.7 Å². The lowest BCUT2D eigenvalue weighted by Crippen LogP contribution is -2.39. The molecule has 0 spiro atoms. The van der Waals surface area contributed by atoms with Gasteiger partial charge in [-0.25, -0.2) is 0 Å². The normalized spacial score (nSPS) is 17.2. The number of nitriles is 1. The number of thioether (sulfide) groups is 1. The number of hydrogen-bond acceptors (Lipinski definition) is 4. The first-order valence-corrected chi connectivity index (χ1v) is 8.22. The van der Waals surface area contributed by atoms with Crippen molar-refractivity contribution in [1.29, 1.82) is 5.26 Å². The number of carbonyl (C=O) groups excluding carboxylic acids is 1. The van der Waals surface area contributed by atoms with Gasteiger partial charge in [0.2, 0.25) is 5.91 Å². The first kappa shape index (κ1) is 17.3. The van der Waals surface area contributed by atoms with E-state index in [0.29, 0.717) is 16.8 Å². The van der Waals surface area contributed by atoms with Crippen LogP contribution >= 0.6 is 11.8 Å². The molecule has 1 aromatic carbocycles. The molecule has 0 bridgehead atoms. The lowest BCUT2D eigenvalue weighted by Gasteiger charge is -2.32. The van der Waals surface area contributed by atoms with Gasteiger partial charge in [-0.3, -0.25) is 9.78 Å².